The number of carbonyl (C=O) groups is 3. The maximum absolute atomic E-state index is 12.1. The fraction of sp³-hybridized carbons (Fsp3) is 0.500. The molecule has 1 fully saturated rings. The van der Waals surface area contributed by atoms with Gasteiger partial charge in [0.15, 0.2) is 0 Å². The summed E-state index contributed by atoms with van der Waals surface area (Å²) in [4.78, 5) is 42.6. The molecule has 0 aliphatic carbocycles. The summed E-state index contributed by atoms with van der Waals surface area (Å²) in [5, 5.41) is 14.1. The Kier molecular flexibility index (Phi) is 4.75. The molecule has 4 N–H and O–H groups in total. The summed E-state index contributed by atoms with van der Waals surface area (Å²) in [5.74, 6) is -1.56. The molecule has 0 bridgehead atoms. The van der Waals surface area contributed by atoms with Crippen molar-refractivity contribution >= 4 is 17.9 Å². The molecule has 114 valence electrons. The minimum atomic E-state index is -1.12. The molecular formula is C12H17N5O4. The van der Waals surface area contributed by atoms with Crippen LogP contribution in [0.25, 0.3) is 0 Å². The number of imidazole rings is 1. The summed E-state index contributed by atoms with van der Waals surface area (Å²) in [6.45, 7) is 0.988. The van der Waals surface area contributed by atoms with Gasteiger partial charge in [-0.15, -0.1) is 0 Å². The molecule has 1 aliphatic rings. The van der Waals surface area contributed by atoms with E-state index in [0.29, 0.717) is 26.1 Å². The van der Waals surface area contributed by atoms with Crippen LogP contribution in [-0.2, 0) is 16.0 Å². The Morgan fingerprint density at radius 3 is 3.00 bits per heavy atom. The van der Waals surface area contributed by atoms with Crippen molar-refractivity contribution in [1.82, 2.24) is 25.5 Å². The first-order valence-corrected chi connectivity index (χ1v) is 6.59. The molecular weight excluding hydrogens is 278 g/mol. The molecule has 1 saturated heterocycles. The van der Waals surface area contributed by atoms with Gasteiger partial charge in [-0.3, -0.25) is 9.59 Å². The number of carbonyl (C=O) groups excluding carboxylic acids is 2. The molecule has 0 saturated carbocycles. The van der Waals surface area contributed by atoms with Gasteiger partial charge in [0.1, 0.15) is 6.04 Å². The van der Waals surface area contributed by atoms with Crippen LogP contribution in [0.3, 0.4) is 0 Å². The molecule has 0 aromatic carbocycles. The number of amides is 3. The van der Waals surface area contributed by atoms with Crippen molar-refractivity contribution in [2.45, 2.75) is 18.9 Å². The van der Waals surface area contributed by atoms with Crippen LogP contribution in [0.5, 0.6) is 0 Å². The average Bonchev–Trinajstić information content (AvgIpc) is 2.93. The number of hydrogen-bond acceptors (Lipinski definition) is 4. The molecule has 0 spiro atoms. The summed E-state index contributed by atoms with van der Waals surface area (Å²) < 4.78 is 0. The number of carboxylic acid groups (broad SMARTS) is 1. The highest BCUT2D eigenvalue weighted by Gasteiger charge is 2.34. The third kappa shape index (κ3) is 3.94. The van der Waals surface area contributed by atoms with E-state index in [2.05, 4.69) is 20.6 Å². The van der Waals surface area contributed by atoms with Crippen molar-refractivity contribution in [2.75, 3.05) is 19.6 Å². The van der Waals surface area contributed by atoms with Crippen molar-refractivity contribution in [3.63, 3.8) is 0 Å². The van der Waals surface area contributed by atoms with Crippen LogP contribution < -0.4 is 10.6 Å². The summed E-state index contributed by atoms with van der Waals surface area (Å²) in [7, 11) is 0. The number of urea groups is 1. The Morgan fingerprint density at radius 1 is 1.52 bits per heavy atom. The number of H-pyrrole nitrogens is 1. The number of hydrogen-bond donors (Lipinski definition) is 4. The van der Waals surface area contributed by atoms with E-state index in [1.165, 1.54) is 4.90 Å². The topological polar surface area (TPSA) is 127 Å². The smallest absolute Gasteiger partial charge is 0.318 e. The molecule has 9 nitrogen and oxygen atoms in total. The van der Waals surface area contributed by atoms with Gasteiger partial charge in [-0.1, -0.05) is 0 Å². The monoisotopic (exact) mass is 295 g/mol. The van der Waals surface area contributed by atoms with E-state index in [4.69, 9.17) is 5.11 Å². The fourth-order valence-corrected chi connectivity index (χ4v) is 2.15. The Hall–Kier alpha value is -2.58. The summed E-state index contributed by atoms with van der Waals surface area (Å²) in [5.41, 5.74) is 0.883. The number of nitrogens with one attached hydrogen (secondary N) is 3. The minimum Gasteiger partial charge on any atom is -0.481 e. The molecule has 21 heavy (non-hydrogen) atoms. The van der Waals surface area contributed by atoms with Crippen LogP contribution in [0.1, 0.15) is 12.1 Å². The highest BCUT2D eigenvalue weighted by atomic mass is 16.4. The van der Waals surface area contributed by atoms with Crippen LogP contribution in [0.2, 0.25) is 0 Å². The molecule has 9 heteroatoms. The SMILES string of the molecule is O=C(O)CC1C(=O)NCCN1C(=O)NCCc1cnc[nH]1. The van der Waals surface area contributed by atoms with E-state index >= 15 is 0 Å². The highest BCUT2D eigenvalue weighted by molar-refractivity contribution is 5.91. The lowest BCUT2D eigenvalue weighted by Gasteiger charge is -2.34. The number of piperazine rings is 1. The second-order valence-electron chi connectivity index (χ2n) is 4.66. The number of aromatic nitrogens is 2. The van der Waals surface area contributed by atoms with Crippen LogP contribution in [0.15, 0.2) is 12.5 Å². The molecule has 0 radical (unpaired) electrons. The second-order valence-corrected chi connectivity index (χ2v) is 4.66. The zero-order chi connectivity index (χ0) is 15.2. The van der Waals surface area contributed by atoms with E-state index in [0.717, 1.165) is 5.69 Å². The van der Waals surface area contributed by atoms with Gasteiger partial charge in [0, 0.05) is 37.9 Å². The first-order valence-electron chi connectivity index (χ1n) is 6.59. The molecule has 3 amide bonds. The number of carboxylic acids is 1. The average molecular weight is 295 g/mol. The summed E-state index contributed by atoms with van der Waals surface area (Å²) in [6.07, 6.45) is 3.39. The quantitative estimate of drug-likeness (QED) is 0.550. The number of rotatable bonds is 5. The van der Waals surface area contributed by atoms with Gasteiger partial charge in [-0.25, -0.2) is 9.78 Å². The zero-order valence-electron chi connectivity index (χ0n) is 11.3. The summed E-state index contributed by atoms with van der Waals surface area (Å²) in [6, 6.07) is -1.40. The Morgan fingerprint density at radius 2 is 2.33 bits per heavy atom. The van der Waals surface area contributed by atoms with Gasteiger partial charge in [0.25, 0.3) is 0 Å². The molecule has 1 unspecified atom stereocenters. The van der Waals surface area contributed by atoms with E-state index in [1.807, 2.05) is 0 Å². The van der Waals surface area contributed by atoms with Crippen LogP contribution >= 0.6 is 0 Å². The van der Waals surface area contributed by atoms with Crippen molar-refractivity contribution in [1.29, 1.82) is 0 Å². The predicted molar refractivity (Wildman–Crippen MR) is 71.4 cm³/mol. The first kappa shape index (κ1) is 14.8. The largest absolute Gasteiger partial charge is 0.481 e. The van der Waals surface area contributed by atoms with E-state index in [-0.39, 0.29) is 0 Å². The van der Waals surface area contributed by atoms with Crippen molar-refractivity contribution in [2.24, 2.45) is 0 Å². The highest BCUT2D eigenvalue weighted by Crippen LogP contribution is 2.09. The molecule has 1 aliphatic heterocycles. The predicted octanol–water partition coefficient (Wildman–Crippen LogP) is -1.06. The third-order valence-corrected chi connectivity index (χ3v) is 3.19. The lowest BCUT2D eigenvalue weighted by Crippen LogP contribution is -2.60. The van der Waals surface area contributed by atoms with E-state index in [9.17, 15) is 14.4 Å². The third-order valence-electron chi connectivity index (χ3n) is 3.19. The zero-order valence-corrected chi connectivity index (χ0v) is 11.3. The molecule has 2 rings (SSSR count). The lowest BCUT2D eigenvalue weighted by atomic mass is 10.1. The maximum atomic E-state index is 12.1. The molecule has 2 heterocycles. The van der Waals surface area contributed by atoms with Gasteiger partial charge in [0.2, 0.25) is 5.91 Å². The summed E-state index contributed by atoms with van der Waals surface area (Å²) >= 11 is 0. The van der Waals surface area contributed by atoms with Crippen molar-refractivity contribution in [3.8, 4) is 0 Å². The molecule has 1 aromatic heterocycles. The van der Waals surface area contributed by atoms with E-state index < -0.39 is 30.4 Å². The Labute approximate surface area is 120 Å². The van der Waals surface area contributed by atoms with Crippen molar-refractivity contribution < 1.29 is 19.5 Å². The number of aliphatic carboxylic acids is 1. The van der Waals surface area contributed by atoms with Gasteiger partial charge in [-0.05, 0) is 0 Å². The first-order chi connectivity index (χ1) is 10.1. The normalized spacial score (nSPS) is 18.2. The molecule has 1 atom stereocenters. The second kappa shape index (κ2) is 6.73. The van der Waals surface area contributed by atoms with Gasteiger partial charge in [-0.2, -0.15) is 0 Å². The Balaban J connectivity index is 1.88. The van der Waals surface area contributed by atoms with Crippen molar-refractivity contribution in [3.05, 3.63) is 18.2 Å². The number of nitrogens with zero attached hydrogens (tertiary/aromatic N) is 2. The fourth-order valence-electron chi connectivity index (χ4n) is 2.15. The van der Waals surface area contributed by atoms with Gasteiger partial charge >= 0.3 is 12.0 Å². The Bertz CT molecular complexity index is 516. The van der Waals surface area contributed by atoms with Crippen LogP contribution in [0, 0.1) is 0 Å². The van der Waals surface area contributed by atoms with E-state index in [1.54, 1.807) is 12.5 Å². The number of aromatic amines is 1. The van der Waals surface area contributed by atoms with Gasteiger partial charge < -0.3 is 25.6 Å². The minimum absolute atomic E-state index is 0.291. The molecule has 1 aromatic rings. The van der Waals surface area contributed by atoms with Gasteiger partial charge in [0.05, 0.1) is 12.7 Å². The van der Waals surface area contributed by atoms with Crippen LogP contribution in [0.4, 0.5) is 4.79 Å². The maximum Gasteiger partial charge on any atom is 0.318 e. The standard InChI is InChI=1S/C12H17N5O4/c18-10(19)5-9-11(20)14-3-4-17(9)12(21)15-2-1-8-6-13-7-16-8/h6-7,9H,1-5H2,(H,13,16)(H,14,20)(H,15,21)(H,18,19). The van der Waals surface area contributed by atoms with Crippen LogP contribution in [-0.4, -0.2) is 63.6 Å². The lowest BCUT2D eigenvalue weighted by molar-refractivity contribution is -0.142.